The summed E-state index contributed by atoms with van der Waals surface area (Å²) in [6.07, 6.45) is 7.46. The van der Waals surface area contributed by atoms with Crippen molar-refractivity contribution >= 4 is 21.9 Å². The summed E-state index contributed by atoms with van der Waals surface area (Å²) < 4.78 is 24.6. The lowest BCUT2D eigenvalue weighted by Gasteiger charge is -2.09. The highest BCUT2D eigenvalue weighted by Crippen LogP contribution is 2.18. The normalized spacial score (nSPS) is 13.4. The van der Waals surface area contributed by atoms with E-state index >= 15 is 0 Å². The Hall–Kier alpha value is -1.40. The van der Waals surface area contributed by atoms with Gasteiger partial charge in [-0.15, -0.1) is 0 Å². The summed E-state index contributed by atoms with van der Waals surface area (Å²) >= 11 is 0. The predicted octanol–water partition coefficient (Wildman–Crippen LogP) is 3.13. The fraction of sp³-hybridized carbons (Fsp3) is 0.562. The number of anilines is 1. The molecular formula is C16H26N2O3S. The van der Waals surface area contributed by atoms with Gasteiger partial charge in [-0.25, -0.2) is 8.42 Å². The van der Waals surface area contributed by atoms with Gasteiger partial charge in [0.2, 0.25) is 10.0 Å². The summed E-state index contributed by atoms with van der Waals surface area (Å²) in [5.74, 6) is 0. The molecule has 1 atom stereocenters. The number of nitrogens with zero attached hydrogens (tertiary/aromatic N) is 1. The molecule has 0 bridgehead atoms. The van der Waals surface area contributed by atoms with Gasteiger partial charge in [0.25, 0.3) is 0 Å². The van der Waals surface area contributed by atoms with Crippen molar-refractivity contribution in [2.24, 2.45) is 4.99 Å². The number of rotatable bonds is 10. The number of aliphatic hydroxyl groups is 1. The number of nitrogens with one attached hydrogen (secondary N) is 1. The van der Waals surface area contributed by atoms with Crippen LogP contribution < -0.4 is 4.72 Å². The molecule has 0 amide bonds. The number of hydrogen-bond donors (Lipinski definition) is 2. The van der Waals surface area contributed by atoms with Gasteiger partial charge in [0, 0.05) is 24.9 Å². The molecule has 0 aliphatic carbocycles. The molecule has 0 aliphatic heterocycles. The van der Waals surface area contributed by atoms with Gasteiger partial charge in [0.1, 0.15) is 0 Å². The van der Waals surface area contributed by atoms with Crippen molar-refractivity contribution in [2.75, 3.05) is 17.5 Å². The first-order chi connectivity index (χ1) is 10.4. The number of sulfonamides is 1. The maximum absolute atomic E-state index is 11.1. The number of aliphatic imine (C=N–C) groups is 1. The highest BCUT2D eigenvalue weighted by Gasteiger charge is 2.07. The van der Waals surface area contributed by atoms with Crippen molar-refractivity contribution in [1.29, 1.82) is 0 Å². The molecule has 0 aliphatic rings. The van der Waals surface area contributed by atoms with Crippen LogP contribution >= 0.6 is 0 Å². The molecular weight excluding hydrogens is 300 g/mol. The summed E-state index contributed by atoms with van der Waals surface area (Å²) in [7, 11) is -3.27. The Kier molecular flexibility index (Phi) is 8.12. The van der Waals surface area contributed by atoms with Gasteiger partial charge in [0.15, 0.2) is 0 Å². The minimum absolute atomic E-state index is 0.465. The molecule has 0 aromatic heterocycles. The average molecular weight is 326 g/mol. The average Bonchev–Trinajstić information content (AvgIpc) is 2.45. The number of benzene rings is 1. The van der Waals surface area contributed by atoms with E-state index in [1.807, 2.05) is 0 Å². The lowest BCUT2D eigenvalue weighted by Crippen LogP contribution is -2.09. The Morgan fingerprint density at radius 1 is 1.23 bits per heavy atom. The third kappa shape index (κ3) is 8.14. The van der Waals surface area contributed by atoms with Gasteiger partial charge < -0.3 is 5.11 Å². The lowest BCUT2D eigenvalue weighted by molar-refractivity contribution is 0.187. The van der Waals surface area contributed by atoms with E-state index in [1.54, 1.807) is 30.5 Å². The molecule has 0 fully saturated rings. The first kappa shape index (κ1) is 18.6. The standard InChI is InChI=1S/C16H26N2O3S/c1-3-4-5-6-12-17-13-11-16(19)14-7-9-15(10-8-14)18-22(2,20)21/h7-10,13,16,18-19H,3-6,11-12H2,1-2H3. The second-order valence-electron chi connectivity index (χ2n) is 5.40. The molecule has 1 aromatic carbocycles. The van der Waals surface area contributed by atoms with E-state index in [4.69, 9.17) is 0 Å². The van der Waals surface area contributed by atoms with E-state index < -0.39 is 16.1 Å². The second-order valence-corrected chi connectivity index (χ2v) is 7.15. The summed E-state index contributed by atoms with van der Waals surface area (Å²) in [5.41, 5.74) is 1.24. The minimum Gasteiger partial charge on any atom is -0.388 e. The van der Waals surface area contributed by atoms with E-state index in [1.165, 1.54) is 19.3 Å². The molecule has 6 heteroatoms. The molecule has 0 saturated carbocycles. The van der Waals surface area contributed by atoms with Crippen LogP contribution in [0.4, 0.5) is 5.69 Å². The zero-order chi connectivity index (χ0) is 16.4. The first-order valence-corrected chi connectivity index (χ1v) is 9.55. The third-order valence-corrected chi connectivity index (χ3v) is 3.80. The SMILES string of the molecule is CCCCCCN=CCC(O)c1ccc(NS(C)(=O)=O)cc1. The molecule has 0 saturated heterocycles. The maximum Gasteiger partial charge on any atom is 0.229 e. The van der Waals surface area contributed by atoms with Crippen molar-refractivity contribution in [3.8, 4) is 0 Å². The first-order valence-electron chi connectivity index (χ1n) is 7.66. The molecule has 0 radical (unpaired) electrons. The van der Waals surface area contributed by atoms with Gasteiger partial charge in [0.05, 0.1) is 12.4 Å². The summed E-state index contributed by atoms with van der Waals surface area (Å²) in [4.78, 5) is 4.30. The maximum atomic E-state index is 11.1. The molecule has 0 spiro atoms. The van der Waals surface area contributed by atoms with Crippen LogP contribution in [0, 0.1) is 0 Å². The highest BCUT2D eigenvalue weighted by atomic mass is 32.2. The van der Waals surface area contributed by atoms with Crippen molar-refractivity contribution < 1.29 is 13.5 Å². The summed E-state index contributed by atoms with van der Waals surface area (Å²) in [6.45, 7) is 2.99. The number of unbranched alkanes of at least 4 members (excludes halogenated alkanes) is 3. The largest absolute Gasteiger partial charge is 0.388 e. The number of aliphatic hydroxyl groups excluding tert-OH is 1. The van der Waals surface area contributed by atoms with Crippen LogP contribution in [-0.2, 0) is 10.0 Å². The van der Waals surface area contributed by atoms with Gasteiger partial charge in [-0.1, -0.05) is 38.3 Å². The zero-order valence-electron chi connectivity index (χ0n) is 13.3. The Bertz CT molecular complexity index is 553. The van der Waals surface area contributed by atoms with E-state index in [2.05, 4.69) is 16.6 Å². The van der Waals surface area contributed by atoms with Crippen LogP contribution in [0.3, 0.4) is 0 Å². The Morgan fingerprint density at radius 3 is 2.50 bits per heavy atom. The molecule has 22 heavy (non-hydrogen) atoms. The van der Waals surface area contributed by atoms with Crippen molar-refractivity contribution in [2.45, 2.75) is 45.1 Å². The van der Waals surface area contributed by atoms with E-state index in [9.17, 15) is 13.5 Å². The molecule has 1 unspecified atom stereocenters. The lowest BCUT2D eigenvalue weighted by atomic mass is 10.1. The van der Waals surface area contributed by atoms with E-state index in [-0.39, 0.29) is 0 Å². The predicted molar refractivity (Wildman–Crippen MR) is 92.0 cm³/mol. The van der Waals surface area contributed by atoms with Gasteiger partial charge >= 0.3 is 0 Å². The Labute approximate surface area is 133 Å². The van der Waals surface area contributed by atoms with Crippen molar-refractivity contribution in [3.05, 3.63) is 29.8 Å². The monoisotopic (exact) mass is 326 g/mol. The zero-order valence-corrected chi connectivity index (χ0v) is 14.1. The van der Waals surface area contributed by atoms with Gasteiger partial charge in [-0.3, -0.25) is 9.71 Å². The van der Waals surface area contributed by atoms with Crippen LogP contribution in [0.2, 0.25) is 0 Å². The van der Waals surface area contributed by atoms with Crippen molar-refractivity contribution in [3.63, 3.8) is 0 Å². The third-order valence-electron chi connectivity index (χ3n) is 3.20. The molecule has 1 aromatic rings. The summed E-state index contributed by atoms with van der Waals surface area (Å²) in [6, 6.07) is 6.71. The molecule has 0 heterocycles. The van der Waals surface area contributed by atoms with E-state index in [0.29, 0.717) is 12.1 Å². The van der Waals surface area contributed by atoms with Gasteiger partial charge in [-0.05, 0) is 24.1 Å². The smallest absolute Gasteiger partial charge is 0.229 e. The second kappa shape index (κ2) is 9.58. The molecule has 1 rings (SSSR count). The quantitative estimate of drug-likeness (QED) is 0.512. The van der Waals surface area contributed by atoms with Crippen LogP contribution in [0.25, 0.3) is 0 Å². The molecule has 5 nitrogen and oxygen atoms in total. The van der Waals surface area contributed by atoms with Gasteiger partial charge in [-0.2, -0.15) is 0 Å². The summed E-state index contributed by atoms with van der Waals surface area (Å²) in [5, 5.41) is 10.1. The molecule has 2 N–H and O–H groups in total. The fourth-order valence-corrected chi connectivity index (χ4v) is 2.58. The number of hydrogen-bond acceptors (Lipinski definition) is 4. The minimum atomic E-state index is -3.27. The van der Waals surface area contributed by atoms with E-state index in [0.717, 1.165) is 24.8 Å². The van der Waals surface area contributed by atoms with Crippen LogP contribution in [-0.4, -0.2) is 32.5 Å². The Morgan fingerprint density at radius 2 is 1.91 bits per heavy atom. The van der Waals surface area contributed by atoms with Crippen LogP contribution in [0.1, 0.15) is 50.7 Å². The van der Waals surface area contributed by atoms with Crippen molar-refractivity contribution in [1.82, 2.24) is 0 Å². The topological polar surface area (TPSA) is 78.8 Å². The van der Waals surface area contributed by atoms with Crippen LogP contribution in [0.15, 0.2) is 29.3 Å². The molecule has 124 valence electrons. The highest BCUT2D eigenvalue weighted by molar-refractivity contribution is 7.92. The van der Waals surface area contributed by atoms with Crippen LogP contribution in [0.5, 0.6) is 0 Å². The fourth-order valence-electron chi connectivity index (χ4n) is 2.02. The Balaban J connectivity index is 2.39.